The van der Waals surface area contributed by atoms with Crippen LogP contribution >= 0.6 is 0 Å². The van der Waals surface area contributed by atoms with Crippen LogP contribution in [0.15, 0.2) is 23.4 Å². The van der Waals surface area contributed by atoms with Gasteiger partial charge in [-0.1, -0.05) is 24.2 Å². The molecule has 0 saturated heterocycles. The fourth-order valence-electron chi connectivity index (χ4n) is 2.01. The number of hydrogen-bond acceptors (Lipinski definition) is 4. The second-order valence-corrected chi connectivity index (χ2v) is 4.44. The number of hydrogen-bond donors (Lipinski definition) is 2. The number of nitrogens with zero attached hydrogens (tertiary/aromatic N) is 1. The van der Waals surface area contributed by atoms with Crippen LogP contribution in [-0.2, 0) is 11.2 Å². The molecule has 5 nitrogen and oxygen atoms in total. The van der Waals surface area contributed by atoms with Crippen molar-refractivity contribution in [2.24, 2.45) is 16.8 Å². The van der Waals surface area contributed by atoms with Crippen LogP contribution in [0.3, 0.4) is 0 Å². The van der Waals surface area contributed by atoms with Crippen LogP contribution in [0.2, 0.25) is 0 Å². The highest BCUT2D eigenvalue weighted by Gasteiger charge is 2.22. The zero-order valence-electron chi connectivity index (χ0n) is 10.2. The highest BCUT2D eigenvalue weighted by Crippen LogP contribution is 2.31. The second-order valence-electron chi connectivity index (χ2n) is 4.44. The number of fused-ring (bicyclic) bond motifs is 1. The Morgan fingerprint density at radius 2 is 2.33 bits per heavy atom. The summed E-state index contributed by atoms with van der Waals surface area (Å²) in [5.74, 6) is 0.0349. The first-order valence-electron chi connectivity index (χ1n) is 5.88. The van der Waals surface area contributed by atoms with E-state index in [1.165, 1.54) is 0 Å². The molecule has 0 saturated carbocycles. The van der Waals surface area contributed by atoms with Gasteiger partial charge in [0, 0.05) is 11.1 Å². The SMILES string of the molecule is CC(COc1cccc2c1CCC2=NO)C(N)=O. The van der Waals surface area contributed by atoms with E-state index in [1.54, 1.807) is 6.92 Å². The van der Waals surface area contributed by atoms with E-state index in [2.05, 4.69) is 5.16 Å². The van der Waals surface area contributed by atoms with Gasteiger partial charge in [0.2, 0.25) is 5.91 Å². The standard InChI is InChI=1S/C13H16N2O3/c1-8(13(14)16)7-18-12-4-2-3-9-10(12)5-6-11(9)15-17/h2-4,8,17H,5-7H2,1H3,(H2,14,16). The molecule has 1 amide bonds. The first-order valence-corrected chi connectivity index (χ1v) is 5.88. The predicted octanol–water partition coefficient (Wildman–Crippen LogP) is 1.31. The minimum Gasteiger partial charge on any atom is -0.492 e. The summed E-state index contributed by atoms with van der Waals surface area (Å²) < 4.78 is 5.63. The van der Waals surface area contributed by atoms with Gasteiger partial charge in [-0.15, -0.1) is 0 Å². The Balaban J connectivity index is 2.16. The van der Waals surface area contributed by atoms with Gasteiger partial charge in [0.1, 0.15) is 5.75 Å². The number of amides is 1. The Hall–Kier alpha value is -2.04. The molecule has 5 heteroatoms. The number of nitrogens with two attached hydrogens (primary N) is 1. The van der Waals surface area contributed by atoms with Crippen molar-refractivity contribution < 1.29 is 14.7 Å². The lowest BCUT2D eigenvalue weighted by Crippen LogP contribution is -2.26. The molecule has 96 valence electrons. The molecular weight excluding hydrogens is 232 g/mol. The molecule has 1 aromatic carbocycles. The zero-order valence-corrected chi connectivity index (χ0v) is 10.2. The maximum absolute atomic E-state index is 10.9. The summed E-state index contributed by atoms with van der Waals surface area (Å²) in [6.07, 6.45) is 1.49. The number of oxime groups is 1. The number of benzene rings is 1. The average Bonchev–Trinajstić information content (AvgIpc) is 2.79. The van der Waals surface area contributed by atoms with Crippen LogP contribution in [0.4, 0.5) is 0 Å². The Morgan fingerprint density at radius 1 is 1.56 bits per heavy atom. The summed E-state index contributed by atoms with van der Waals surface area (Å²) >= 11 is 0. The third-order valence-electron chi connectivity index (χ3n) is 3.15. The van der Waals surface area contributed by atoms with Gasteiger partial charge in [-0.25, -0.2) is 0 Å². The second kappa shape index (κ2) is 5.08. The van der Waals surface area contributed by atoms with Crippen LogP contribution in [0.25, 0.3) is 0 Å². The van der Waals surface area contributed by atoms with Crippen molar-refractivity contribution in [2.75, 3.05) is 6.61 Å². The monoisotopic (exact) mass is 248 g/mol. The molecule has 0 bridgehead atoms. The molecule has 0 aromatic heterocycles. The summed E-state index contributed by atoms with van der Waals surface area (Å²) in [7, 11) is 0. The van der Waals surface area contributed by atoms with E-state index in [0.29, 0.717) is 12.1 Å². The van der Waals surface area contributed by atoms with Gasteiger partial charge < -0.3 is 15.7 Å². The van der Waals surface area contributed by atoms with E-state index < -0.39 is 0 Å². The molecule has 1 atom stereocenters. The molecule has 0 aliphatic heterocycles. The lowest BCUT2D eigenvalue weighted by atomic mass is 10.1. The highest BCUT2D eigenvalue weighted by atomic mass is 16.5. The van der Waals surface area contributed by atoms with Crippen LogP contribution in [0.1, 0.15) is 24.5 Å². The third kappa shape index (κ3) is 2.30. The summed E-state index contributed by atoms with van der Waals surface area (Å²) in [4.78, 5) is 10.9. The number of ether oxygens (including phenoxy) is 1. The van der Waals surface area contributed by atoms with Crippen LogP contribution in [-0.4, -0.2) is 23.4 Å². The number of carbonyl (C=O) groups excluding carboxylic acids is 1. The largest absolute Gasteiger partial charge is 0.492 e. The summed E-state index contributed by atoms with van der Waals surface area (Å²) in [6, 6.07) is 5.61. The van der Waals surface area contributed by atoms with Gasteiger partial charge in [-0.05, 0) is 18.9 Å². The van der Waals surface area contributed by atoms with Crippen LogP contribution in [0.5, 0.6) is 5.75 Å². The molecule has 1 aliphatic rings. The molecule has 0 radical (unpaired) electrons. The van der Waals surface area contributed by atoms with Crippen molar-refractivity contribution in [3.05, 3.63) is 29.3 Å². The smallest absolute Gasteiger partial charge is 0.223 e. The van der Waals surface area contributed by atoms with Crippen molar-refractivity contribution in [2.45, 2.75) is 19.8 Å². The lowest BCUT2D eigenvalue weighted by molar-refractivity contribution is -0.122. The van der Waals surface area contributed by atoms with E-state index in [4.69, 9.17) is 15.7 Å². The van der Waals surface area contributed by atoms with E-state index >= 15 is 0 Å². The molecule has 18 heavy (non-hydrogen) atoms. The molecule has 0 fully saturated rings. The van der Waals surface area contributed by atoms with Gasteiger partial charge in [0.25, 0.3) is 0 Å². The summed E-state index contributed by atoms with van der Waals surface area (Å²) in [5.41, 5.74) is 7.81. The Kier molecular flexibility index (Phi) is 3.50. The third-order valence-corrected chi connectivity index (χ3v) is 3.15. The fraction of sp³-hybridized carbons (Fsp3) is 0.385. The summed E-state index contributed by atoms with van der Waals surface area (Å²) in [5, 5.41) is 12.2. The number of carbonyl (C=O) groups is 1. The zero-order chi connectivity index (χ0) is 13.1. The minimum atomic E-state index is -0.375. The maximum Gasteiger partial charge on any atom is 0.223 e. The fourth-order valence-corrected chi connectivity index (χ4v) is 2.01. The molecule has 1 unspecified atom stereocenters. The average molecular weight is 248 g/mol. The van der Waals surface area contributed by atoms with Gasteiger partial charge in [-0.2, -0.15) is 0 Å². The molecule has 2 rings (SSSR count). The Morgan fingerprint density at radius 3 is 3.00 bits per heavy atom. The first-order chi connectivity index (χ1) is 8.63. The van der Waals surface area contributed by atoms with Crippen molar-refractivity contribution >= 4 is 11.6 Å². The lowest BCUT2D eigenvalue weighted by Gasteiger charge is -2.13. The molecule has 1 aromatic rings. The van der Waals surface area contributed by atoms with Crippen LogP contribution in [0, 0.1) is 5.92 Å². The minimum absolute atomic E-state index is 0.261. The first kappa shape index (κ1) is 12.4. The van der Waals surface area contributed by atoms with Crippen molar-refractivity contribution in [3.63, 3.8) is 0 Å². The van der Waals surface area contributed by atoms with Crippen LogP contribution < -0.4 is 10.5 Å². The summed E-state index contributed by atoms with van der Waals surface area (Å²) in [6.45, 7) is 1.99. The molecular formula is C13H16N2O3. The van der Waals surface area contributed by atoms with Crippen molar-refractivity contribution in [1.29, 1.82) is 0 Å². The quantitative estimate of drug-likeness (QED) is 0.622. The molecule has 0 heterocycles. The van der Waals surface area contributed by atoms with Gasteiger partial charge >= 0.3 is 0 Å². The number of rotatable bonds is 4. The maximum atomic E-state index is 10.9. The van der Waals surface area contributed by atoms with Gasteiger partial charge in [0.05, 0.1) is 18.2 Å². The van der Waals surface area contributed by atoms with Crippen molar-refractivity contribution in [3.8, 4) is 5.75 Å². The topological polar surface area (TPSA) is 84.9 Å². The van der Waals surface area contributed by atoms with Gasteiger partial charge in [-0.3, -0.25) is 4.79 Å². The normalized spacial score (nSPS) is 17.5. The highest BCUT2D eigenvalue weighted by molar-refractivity contribution is 6.04. The van der Waals surface area contributed by atoms with E-state index in [0.717, 1.165) is 23.3 Å². The molecule has 1 aliphatic carbocycles. The Bertz CT molecular complexity index is 497. The molecule has 0 spiro atoms. The number of primary amides is 1. The van der Waals surface area contributed by atoms with Crippen molar-refractivity contribution in [1.82, 2.24) is 0 Å². The van der Waals surface area contributed by atoms with Gasteiger partial charge in [0.15, 0.2) is 0 Å². The van der Waals surface area contributed by atoms with E-state index in [9.17, 15) is 4.79 Å². The Labute approximate surface area is 105 Å². The predicted molar refractivity (Wildman–Crippen MR) is 66.9 cm³/mol. The molecule has 3 N–H and O–H groups in total. The van der Waals surface area contributed by atoms with E-state index in [-0.39, 0.29) is 18.4 Å². The van der Waals surface area contributed by atoms with E-state index in [1.807, 2.05) is 18.2 Å².